The number of aromatic hydroxyl groups is 1. The van der Waals surface area contributed by atoms with E-state index in [-0.39, 0.29) is 11.3 Å². The van der Waals surface area contributed by atoms with Crippen molar-refractivity contribution in [1.29, 1.82) is 0 Å². The molecule has 114 valence electrons. The number of nitrogen functional groups attached to an aromatic ring is 1. The summed E-state index contributed by atoms with van der Waals surface area (Å²) in [5, 5.41) is 15.6. The van der Waals surface area contributed by atoms with Crippen LogP contribution in [0.4, 0.5) is 5.69 Å². The molecule has 1 amide bonds. The van der Waals surface area contributed by atoms with Crippen LogP contribution in [0.5, 0.6) is 5.75 Å². The fourth-order valence-electron chi connectivity index (χ4n) is 2.26. The highest BCUT2D eigenvalue weighted by atomic mass is 16.3. The summed E-state index contributed by atoms with van der Waals surface area (Å²) >= 11 is 0. The van der Waals surface area contributed by atoms with Gasteiger partial charge in [-0.05, 0) is 29.0 Å². The number of carbonyl (C=O) groups is 1. The third-order valence-corrected chi connectivity index (χ3v) is 3.47. The molecule has 5 heteroatoms. The van der Waals surface area contributed by atoms with Crippen LogP contribution in [0.25, 0.3) is 10.8 Å². The number of hydrogen-bond acceptors (Lipinski definition) is 4. The Morgan fingerprint density at radius 2 is 1.70 bits per heavy atom. The number of fused-ring (bicyclic) bond motifs is 1. The molecule has 0 saturated carbocycles. The predicted molar refractivity (Wildman–Crippen MR) is 91.5 cm³/mol. The minimum Gasteiger partial charge on any atom is -0.507 e. The molecule has 0 bridgehead atoms. The van der Waals surface area contributed by atoms with Gasteiger partial charge in [0.1, 0.15) is 5.75 Å². The first kappa shape index (κ1) is 14.6. The first-order valence-corrected chi connectivity index (χ1v) is 7.05. The molecule has 4 N–H and O–H groups in total. The fourth-order valence-corrected chi connectivity index (χ4v) is 2.26. The Hall–Kier alpha value is -3.34. The lowest BCUT2D eigenvalue weighted by atomic mass is 10.1. The van der Waals surface area contributed by atoms with Crippen LogP contribution in [0.15, 0.2) is 65.8 Å². The van der Waals surface area contributed by atoms with Gasteiger partial charge in [0.15, 0.2) is 0 Å². The van der Waals surface area contributed by atoms with Crippen LogP contribution in [0.3, 0.4) is 0 Å². The topological polar surface area (TPSA) is 87.7 Å². The van der Waals surface area contributed by atoms with Crippen molar-refractivity contribution in [3.63, 3.8) is 0 Å². The number of nitrogens with zero attached hydrogens (tertiary/aromatic N) is 1. The number of hydrogen-bond donors (Lipinski definition) is 3. The van der Waals surface area contributed by atoms with E-state index in [1.165, 1.54) is 6.21 Å². The Bertz CT molecular complexity index is 904. The van der Waals surface area contributed by atoms with Gasteiger partial charge in [-0.2, -0.15) is 5.10 Å². The number of amides is 1. The summed E-state index contributed by atoms with van der Waals surface area (Å²) in [5.74, 6) is -0.574. The number of hydrazone groups is 1. The highest BCUT2D eigenvalue weighted by Crippen LogP contribution is 2.24. The summed E-state index contributed by atoms with van der Waals surface area (Å²) in [6.45, 7) is 0. The third kappa shape index (κ3) is 3.13. The molecule has 0 unspecified atom stereocenters. The summed E-state index contributed by atoms with van der Waals surface area (Å²) in [4.78, 5) is 12.2. The standard InChI is InChI=1S/C18H15N3O2/c19-16-8-4-3-7-14(16)11-20-21-18(23)15-9-12-5-1-2-6-13(12)10-17(15)22/h1-11,22H,19H2,(H,21,23)/b20-11+. The average Bonchev–Trinajstić information content (AvgIpc) is 2.56. The number of anilines is 1. The molecule has 3 aromatic rings. The normalized spacial score (nSPS) is 11.0. The lowest BCUT2D eigenvalue weighted by Gasteiger charge is -2.06. The Balaban J connectivity index is 1.81. The van der Waals surface area contributed by atoms with Crippen LogP contribution < -0.4 is 11.2 Å². The van der Waals surface area contributed by atoms with Crippen molar-refractivity contribution in [3.8, 4) is 5.75 Å². The highest BCUT2D eigenvalue weighted by molar-refractivity contribution is 6.01. The molecule has 3 rings (SSSR count). The minimum atomic E-state index is -0.487. The van der Waals surface area contributed by atoms with Gasteiger partial charge >= 0.3 is 0 Å². The molecule has 0 heterocycles. The van der Waals surface area contributed by atoms with Gasteiger partial charge in [-0.25, -0.2) is 5.43 Å². The van der Waals surface area contributed by atoms with E-state index in [1.54, 1.807) is 24.3 Å². The van der Waals surface area contributed by atoms with Crippen LogP contribution in [0, 0.1) is 0 Å². The van der Waals surface area contributed by atoms with Crippen molar-refractivity contribution in [2.45, 2.75) is 0 Å². The van der Waals surface area contributed by atoms with Crippen LogP contribution in [0.2, 0.25) is 0 Å². The summed E-state index contributed by atoms with van der Waals surface area (Å²) in [5.41, 5.74) is 9.63. The van der Waals surface area contributed by atoms with E-state index >= 15 is 0 Å². The third-order valence-electron chi connectivity index (χ3n) is 3.47. The molecule has 0 fully saturated rings. The van der Waals surface area contributed by atoms with Gasteiger partial charge in [0.25, 0.3) is 5.91 Å². The average molecular weight is 305 g/mol. The second-order valence-electron chi connectivity index (χ2n) is 5.04. The summed E-state index contributed by atoms with van der Waals surface area (Å²) in [6, 6.07) is 17.9. The van der Waals surface area contributed by atoms with E-state index in [1.807, 2.05) is 36.4 Å². The molecule has 23 heavy (non-hydrogen) atoms. The molecule has 0 aliphatic carbocycles. The lowest BCUT2D eigenvalue weighted by Crippen LogP contribution is -2.17. The van der Waals surface area contributed by atoms with E-state index < -0.39 is 5.91 Å². The van der Waals surface area contributed by atoms with Gasteiger partial charge in [0, 0.05) is 11.3 Å². The molecule has 0 saturated heterocycles. The van der Waals surface area contributed by atoms with Crippen molar-refractivity contribution in [1.82, 2.24) is 5.43 Å². The number of rotatable bonds is 3. The molecule has 0 radical (unpaired) electrons. The monoisotopic (exact) mass is 305 g/mol. The number of benzene rings is 3. The Kier molecular flexibility index (Phi) is 3.93. The SMILES string of the molecule is Nc1ccccc1/C=N/NC(=O)c1cc2ccccc2cc1O. The van der Waals surface area contributed by atoms with E-state index in [9.17, 15) is 9.90 Å². The number of carbonyl (C=O) groups excluding carboxylic acids is 1. The lowest BCUT2D eigenvalue weighted by molar-refractivity contribution is 0.0952. The molecule has 0 atom stereocenters. The Labute approximate surface area is 133 Å². The van der Waals surface area contributed by atoms with Crippen LogP contribution in [-0.2, 0) is 0 Å². The number of phenolic OH excluding ortho intramolecular Hbond substituents is 1. The van der Waals surface area contributed by atoms with Gasteiger partial charge in [0.05, 0.1) is 11.8 Å². The maximum Gasteiger partial charge on any atom is 0.275 e. The minimum absolute atomic E-state index is 0.0874. The van der Waals surface area contributed by atoms with Crippen LogP contribution in [-0.4, -0.2) is 17.2 Å². The predicted octanol–water partition coefficient (Wildman–Crippen LogP) is 2.89. The van der Waals surface area contributed by atoms with Crippen molar-refractivity contribution in [2.24, 2.45) is 5.10 Å². The quantitative estimate of drug-likeness (QED) is 0.395. The molecular formula is C18H15N3O2. The number of nitrogens with one attached hydrogen (secondary N) is 1. The van der Waals surface area contributed by atoms with E-state index in [2.05, 4.69) is 10.5 Å². The number of phenols is 1. The summed E-state index contributed by atoms with van der Waals surface area (Å²) < 4.78 is 0. The maximum absolute atomic E-state index is 12.2. The Morgan fingerprint density at radius 1 is 1.04 bits per heavy atom. The maximum atomic E-state index is 12.2. The second kappa shape index (κ2) is 6.19. The fraction of sp³-hybridized carbons (Fsp3) is 0. The van der Waals surface area contributed by atoms with Crippen molar-refractivity contribution in [3.05, 3.63) is 71.8 Å². The van der Waals surface area contributed by atoms with E-state index in [0.29, 0.717) is 11.3 Å². The Morgan fingerprint density at radius 3 is 2.43 bits per heavy atom. The first-order valence-electron chi connectivity index (χ1n) is 7.05. The summed E-state index contributed by atoms with van der Waals surface area (Å²) in [6.07, 6.45) is 1.46. The van der Waals surface area contributed by atoms with Gasteiger partial charge in [-0.15, -0.1) is 0 Å². The van der Waals surface area contributed by atoms with Gasteiger partial charge in [-0.3, -0.25) is 4.79 Å². The first-order chi connectivity index (χ1) is 11.1. The van der Waals surface area contributed by atoms with Gasteiger partial charge in [-0.1, -0.05) is 42.5 Å². The molecule has 0 aliphatic heterocycles. The zero-order chi connectivity index (χ0) is 16.2. The van der Waals surface area contributed by atoms with Gasteiger partial charge < -0.3 is 10.8 Å². The highest BCUT2D eigenvalue weighted by Gasteiger charge is 2.11. The second-order valence-corrected chi connectivity index (χ2v) is 5.04. The molecule has 3 aromatic carbocycles. The molecular weight excluding hydrogens is 290 g/mol. The van der Waals surface area contributed by atoms with E-state index in [0.717, 1.165) is 10.8 Å². The van der Waals surface area contributed by atoms with Crippen molar-refractivity contribution >= 4 is 28.6 Å². The van der Waals surface area contributed by atoms with Crippen LogP contribution in [0.1, 0.15) is 15.9 Å². The number of para-hydroxylation sites is 1. The van der Waals surface area contributed by atoms with Gasteiger partial charge in [0.2, 0.25) is 0 Å². The zero-order valence-electron chi connectivity index (χ0n) is 12.2. The van der Waals surface area contributed by atoms with Crippen molar-refractivity contribution < 1.29 is 9.90 Å². The largest absolute Gasteiger partial charge is 0.507 e. The molecule has 5 nitrogen and oxygen atoms in total. The zero-order valence-corrected chi connectivity index (χ0v) is 12.2. The smallest absolute Gasteiger partial charge is 0.275 e. The number of nitrogens with two attached hydrogens (primary N) is 1. The van der Waals surface area contributed by atoms with Crippen molar-refractivity contribution in [2.75, 3.05) is 5.73 Å². The summed E-state index contributed by atoms with van der Waals surface area (Å²) in [7, 11) is 0. The molecule has 0 aromatic heterocycles. The molecule has 0 aliphatic rings. The molecule has 0 spiro atoms. The van der Waals surface area contributed by atoms with E-state index in [4.69, 9.17) is 5.73 Å². The van der Waals surface area contributed by atoms with Crippen LogP contribution >= 0.6 is 0 Å².